The van der Waals surface area contributed by atoms with E-state index < -0.39 is 23.9 Å². The van der Waals surface area contributed by atoms with Crippen LogP contribution in [0.4, 0.5) is 14.9 Å². The third kappa shape index (κ3) is 9.60. The standard InChI is InChI=1S/C38H43FN8O6/c1-21-16-26(36(50)41-27-11-13-29(48)18-27)10-14-30(21)24-6-2-22(3-7-24)17-33(43-35(49)25-8-4-23(5-9-25)20-40-38(52)53)37(51)42-28-12-15-31(32(39)19-28)34-44-46-47-45-34/h2-3,6-7,10,12,14-16,19,23,25,27,29,33,40,48H,4-5,8-9,11,13,17-18,20H2,1H3,(H,41,50)(H,42,51)(H,43,49)(H,52,53)(H,44,45,46,47)/t23-,25-,27?,29?,33-/m0/s1. The minimum absolute atomic E-state index is 0.0341. The number of aromatic nitrogens is 4. The van der Waals surface area contributed by atoms with Crippen molar-refractivity contribution in [2.24, 2.45) is 11.8 Å². The first-order valence-corrected chi connectivity index (χ1v) is 17.8. The summed E-state index contributed by atoms with van der Waals surface area (Å²) < 4.78 is 15.0. The van der Waals surface area contributed by atoms with Crippen molar-refractivity contribution in [3.8, 4) is 22.5 Å². The lowest BCUT2D eigenvalue weighted by molar-refractivity contribution is -0.130. The van der Waals surface area contributed by atoms with Gasteiger partial charge in [-0.05, 0) is 116 Å². The van der Waals surface area contributed by atoms with E-state index in [9.17, 15) is 28.7 Å². The molecule has 0 aliphatic heterocycles. The lowest BCUT2D eigenvalue weighted by Crippen LogP contribution is -2.48. The fourth-order valence-electron chi connectivity index (χ4n) is 7.18. The molecule has 4 amide bonds. The fourth-order valence-corrected chi connectivity index (χ4v) is 7.18. The van der Waals surface area contributed by atoms with E-state index in [1.165, 1.54) is 12.1 Å². The van der Waals surface area contributed by atoms with Gasteiger partial charge in [-0.1, -0.05) is 30.3 Å². The van der Waals surface area contributed by atoms with Crippen molar-refractivity contribution in [1.82, 2.24) is 36.6 Å². The average molecular weight is 727 g/mol. The lowest BCUT2D eigenvalue weighted by atomic mass is 9.81. The maximum atomic E-state index is 15.0. The van der Waals surface area contributed by atoms with Gasteiger partial charge in [0.2, 0.25) is 17.6 Å². The van der Waals surface area contributed by atoms with Crippen molar-refractivity contribution in [3.63, 3.8) is 0 Å². The second kappa shape index (κ2) is 16.8. The monoisotopic (exact) mass is 726 g/mol. The van der Waals surface area contributed by atoms with Gasteiger partial charge in [0.05, 0.1) is 11.7 Å². The van der Waals surface area contributed by atoms with Crippen molar-refractivity contribution >= 4 is 29.5 Å². The summed E-state index contributed by atoms with van der Waals surface area (Å²) in [7, 11) is 0. The predicted octanol–water partition coefficient (Wildman–Crippen LogP) is 4.36. The maximum absolute atomic E-state index is 15.0. The molecule has 4 aromatic rings. The Balaban J connectivity index is 1.14. The molecule has 1 aromatic heterocycles. The van der Waals surface area contributed by atoms with Crippen LogP contribution >= 0.6 is 0 Å². The summed E-state index contributed by atoms with van der Waals surface area (Å²) in [6, 6.07) is 16.2. The number of nitrogens with zero attached hydrogens (tertiary/aromatic N) is 3. The van der Waals surface area contributed by atoms with Crippen LogP contribution < -0.4 is 21.3 Å². The van der Waals surface area contributed by atoms with Crippen molar-refractivity contribution in [1.29, 1.82) is 0 Å². The molecule has 2 saturated carbocycles. The Labute approximate surface area is 305 Å². The number of rotatable bonds is 12. The number of halogens is 1. The normalized spacial score (nSPS) is 20.3. The molecular formula is C38H43FN8O6. The van der Waals surface area contributed by atoms with Crippen molar-refractivity contribution in [2.75, 3.05) is 11.9 Å². The smallest absolute Gasteiger partial charge is 0.404 e. The van der Waals surface area contributed by atoms with Crippen LogP contribution in [0.25, 0.3) is 22.5 Å². The first kappa shape index (κ1) is 37.1. The predicted molar refractivity (Wildman–Crippen MR) is 193 cm³/mol. The summed E-state index contributed by atoms with van der Waals surface area (Å²) in [6.07, 6.45) is 3.19. The molecular weight excluding hydrogens is 683 g/mol. The highest BCUT2D eigenvalue weighted by Gasteiger charge is 2.30. The molecule has 0 saturated heterocycles. The van der Waals surface area contributed by atoms with Gasteiger partial charge in [0.1, 0.15) is 11.9 Å². The number of aliphatic hydroxyl groups is 1. The van der Waals surface area contributed by atoms with Gasteiger partial charge in [-0.25, -0.2) is 9.18 Å². The molecule has 7 N–H and O–H groups in total. The van der Waals surface area contributed by atoms with Crippen molar-refractivity contribution in [3.05, 3.63) is 83.2 Å². The molecule has 14 nitrogen and oxygen atoms in total. The average Bonchev–Trinajstić information content (AvgIpc) is 3.83. The van der Waals surface area contributed by atoms with E-state index in [-0.39, 0.29) is 59.3 Å². The molecule has 2 fully saturated rings. The van der Waals surface area contributed by atoms with E-state index in [1.54, 1.807) is 6.07 Å². The van der Waals surface area contributed by atoms with Crippen LogP contribution in [0.1, 0.15) is 66.4 Å². The van der Waals surface area contributed by atoms with Gasteiger partial charge in [-0.3, -0.25) is 14.4 Å². The minimum Gasteiger partial charge on any atom is -0.465 e. The van der Waals surface area contributed by atoms with Crippen LogP contribution in [0.15, 0.2) is 60.7 Å². The number of aromatic amines is 1. The number of aryl methyl sites for hydroxylation is 1. The Morgan fingerprint density at radius 3 is 2.34 bits per heavy atom. The number of hydrogen-bond donors (Lipinski definition) is 7. The van der Waals surface area contributed by atoms with Crippen LogP contribution in [-0.4, -0.2) is 79.4 Å². The lowest BCUT2D eigenvalue weighted by Gasteiger charge is -2.29. The zero-order valence-electron chi connectivity index (χ0n) is 29.3. The Morgan fingerprint density at radius 2 is 1.70 bits per heavy atom. The topological polar surface area (TPSA) is 211 Å². The van der Waals surface area contributed by atoms with Gasteiger partial charge < -0.3 is 31.5 Å². The number of benzene rings is 3. The summed E-state index contributed by atoms with van der Waals surface area (Å²) >= 11 is 0. The number of anilines is 1. The number of carboxylic acid groups (broad SMARTS) is 1. The Hall–Kier alpha value is -5.70. The third-order valence-electron chi connectivity index (χ3n) is 10.1. The highest BCUT2D eigenvalue weighted by Crippen LogP contribution is 2.30. The number of carbonyl (C=O) groups excluding carboxylic acids is 3. The van der Waals surface area contributed by atoms with E-state index in [1.807, 2.05) is 43.3 Å². The number of hydrogen-bond acceptors (Lipinski definition) is 8. The molecule has 2 unspecified atom stereocenters. The second-order valence-electron chi connectivity index (χ2n) is 14.0. The van der Waals surface area contributed by atoms with Gasteiger partial charge in [0.15, 0.2) is 0 Å². The van der Waals surface area contributed by atoms with E-state index in [2.05, 4.69) is 41.9 Å². The summed E-state index contributed by atoms with van der Waals surface area (Å²) in [5.74, 6) is -1.75. The number of aliphatic hydroxyl groups excluding tert-OH is 1. The maximum Gasteiger partial charge on any atom is 0.404 e. The summed E-state index contributed by atoms with van der Waals surface area (Å²) in [4.78, 5) is 51.0. The molecule has 6 rings (SSSR count). The van der Waals surface area contributed by atoms with Crippen LogP contribution in [0, 0.1) is 24.6 Å². The molecule has 3 aromatic carbocycles. The number of tetrazole rings is 1. The second-order valence-corrected chi connectivity index (χ2v) is 14.0. The highest BCUT2D eigenvalue weighted by molar-refractivity contribution is 5.98. The van der Waals surface area contributed by atoms with Crippen LogP contribution in [0.3, 0.4) is 0 Å². The molecule has 0 bridgehead atoms. The number of amides is 4. The minimum atomic E-state index is -1.08. The quantitative estimate of drug-likeness (QED) is 0.110. The molecule has 53 heavy (non-hydrogen) atoms. The van der Waals surface area contributed by atoms with Gasteiger partial charge in [0.25, 0.3) is 5.91 Å². The van der Waals surface area contributed by atoms with E-state index in [0.29, 0.717) is 50.6 Å². The van der Waals surface area contributed by atoms with E-state index in [0.717, 1.165) is 34.7 Å². The summed E-state index contributed by atoms with van der Waals surface area (Å²) in [5.41, 5.74) is 4.38. The number of carbonyl (C=O) groups is 4. The molecule has 2 aliphatic rings. The SMILES string of the molecule is Cc1cc(C(=O)NC2CCC(O)C2)ccc1-c1ccc(C[C@H](NC(=O)[C@H]2CC[C@H](CNC(=O)O)CC2)C(=O)Nc2ccc(-c3nn[nH]n3)c(F)c2)cc1. The Bertz CT molecular complexity index is 1930. The van der Waals surface area contributed by atoms with Crippen molar-refractivity contribution in [2.45, 2.75) is 76.5 Å². The Morgan fingerprint density at radius 1 is 0.943 bits per heavy atom. The number of H-pyrrole nitrogens is 1. The third-order valence-corrected chi connectivity index (χ3v) is 10.1. The largest absolute Gasteiger partial charge is 0.465 e. The van der Waals surface area contributed by atoms with Gasteiger partial charge in [0, 0.05) is 36.2 Å². The van der Waals surface area contributed by atoms with Crippen LogP contribution in [-0.2, 0) is 16.0 Å². The van der Waals surface area contributed by atoms with Gasteiger partial charge in [-0.15, -0.1) is 10.2 Å². The Kier molecular flexibility index (Phi) is 11.7. The molecule has 3 atom stereocenters. The zero-order valence-corrected chi connectivity index (χ0v) is 29.3. The van der Waals surface area contributed by atoms with Crippen molar-refractivity contribution < 1.29 is 33.8 Å². The highest BCUT2D eigenvalue weighted by atomic mass is 19.1. The van der Waals surface area contributed by atoms with E-state index >= 15 is 0 Å². The van der Waals surface area contributed by atoms with Gasteiger partial charge >= 0.3 is 6.09 Å². The number of nitrogens with one attached hydrogen (secondary N) is 5. The molecule has 0 spiro atoms. The van der Waals surface area contributed by atoms with E-state index in [4.69, 9.17) is 5.11 Å². The first-order valence-electron chi connectivity index (χ1n) is 17.8. The molecule has 1 heterocycles. The molecule has 278 valence electrons. The fraction of sp³-hybridized carbons (Fsp3) is 0.395. The van der Waals surface area contributed by atoms with Crippen LogP contribution in [0.2, 0.25) is 0 Å². The molecule has 2 aliphatic carbocycles. The summed E-state index contributed by atoms with van der Waals surface area (Å²) in [6.45, 7) is 2.26. The van der Waals surface area contributed by atoms with Crippen LogP contribution in [0.5, 0.6) is 0 Å². The van der Waals surface area contributed by atoms with Gasteiger partial charge in [-0.2, -0.15) is 5.21 Å². The zero-order chi connectivity index (χ0) is 37.5. The summed E-state index contributed by atoms with van der Waals surface area (Å²) in [5, 5.41) is 43.1. The molecule has 0 radical (unpaired) electrons. The first-order chi connectivity index (χ1) is 25.5. The molecule has 15 heteroatoms.